The molecule has 0 unspecified atom stereocenters. The number of benzene rings is 1. The molecule has 2 rings (SSSR count). The molecule has 36 heavy (non-hydrogen) atoms. The van der Waals surface area contributed by atoms with Gasteiger partial charge in [-0.25, -0.2) is 4.98 Å². The van der Waals surface area contributed by atoms with Crippen molar-refractivity contribution >= 4 is 35.0 Å². The van der Waals surface area contributed by atoms with Crippen molar-refractivity contribution in [3.63, 3.8) is 0 Å². The van der Waals surface area contributed by atoms with Crippen LogP contribution in [0.2, 0.25) is 10.0 Å². The molecule has 3 atom stereocenters. The Morgan fingerprint density at radius 2 is 1.72 bits per heavy atom. The van der Waals surface area contributed by atoms with Crippen molar-refractivity contribution in [1.82, 2.24) is 4.98 Å². The Hall–Kier alpha value is -2.51. The maximum atomic E-state index is 13.3. The first-order valence-corrected chi connectivity index (χ1v) is 12.9. The van der Waals surface area contributed by atoms with Crippen LogP contribution in [0.15, 0.2) is 30.5 Å². The molecule has 0 aliphatic heterocycles. The number of ketones is 1. The number of ether oxygens (including phenoxy) is 3. The summed E-state index contributed by atoms with van der Waals surface area (Å²) in [7, 11) is 1.38. The molecule has 1 aromatic heterocycles. The summed E-state index contributed by atoms with van der Waals surface area (Å²) in [5.41, 5.74) is -0.142. The molecule has 0 fully saturated rings. The van der Waals surface area contributed by atoms with Crippen LogP contribution in [0.4, 0.5) is 0 Å². The topological polar surface area (TPSA) is 95.0 Å². The molecule has 0 aliphatic carbocycles. The SMILES string of the molecule is CCC(CC)[C@@H](Oc1ccc(Cl)cc1Cl)[C@H](C)OC(=O)[C@@H](CC(=O)c1nccc(OC)c1O)C(C)C. The lowest BCUT2D eigenvalue weighted by Gasteiger charge is -2.32. The van der Waals surface area contributed by atoms with Gasteiger partial charge < -0.3 is 19.3 Å². The second-order valence-corrected chi connectivity index (χ2v) is 9.91. The van der Waals surface area contributed by atoms with Crippen LogP contribution in [-0.2, 0) is 9.53 Å². The summed E-state index contributed by atoms with van der Waals surface area (Å²) in [6, 6.07) is 6.43. The number of halogens is 2. The number of pyridine rings is 1. The quantitative estimate of drug-likeness (QED) is 0.221. The van der Waals surface area contributed by atoms with Crippen molar-refractivity contribution in [1.29, 1.82) is 0 Å². The third-order valence-corrected chi connectivity index (χ3v) is 6.85. The molecule has 7 nitrogen and oxygen atoms in total. The lowest BCUT2D eigenvalue weighted by Crippen LogP contribution is -2.41. The highest BCUT2D eigenvalue weighted by molar-refractivity contribution is 6.35. The number of hydrogen-bond donors (Lipinski definition) is 1. The van der Waals surface area contributed by atoms with Crippen LogP contribution in [-0.4, -0.2) is 41.2 Å². The number of hydrogen-bond acceptors (Lipinski definition) is 7. The second-order valence-electron chi connectivity index (χ2n) is 9.06. The molecule has 1 N–H and O–H groups in total. The number of rotatable bonds is 13. The van der Waals surface area contributed by atoms with Gasteiger partial charge >= 0.3 is 5.97 Å². The summed E-state index contributed by atoms with van der Waals surface area (Å²) < 4.78 is 17.2. The number of aromatic nitrogens is 1. The average Bonchev–Trinajstić information content (AvgIpc) is 2.83. The molecule has 0 saturated carbocycles. The third kappa shape index (κ3) is 7.50. The highest BCUT2D eigenvalue weighted by atomic mass is 35.5. The molecule has 2 aromatic rings. The molecule has 0 saturated heterocycles. The normalized spacial score (nSPS) is 13.8. The molecule has 0 aliphatic rings. The second kappa shape index (κ2) is 13.7. The minimum atomic E-state index is -0.742. The molecular weight excluding hydrogens is 505 g/mol. The minimum Gasteiger partial charge on any atom is -0.503 e. The van der Waals surface area contributed by atoms with Crippen LogP contribution in [0.5, 0.6) is 17.2 Å². The van der Waals surface area contributed by atoms with Gasteiger partial charge in [-0.2, -0.15) is 0 Å². The molecule has 9 heteroatoms. The number of esters is 1. The lowest BCUT2D eigenvalue weighted by molar-refractivity contribution is -0.161. The summed E-state index contributed by atoms with van der Waals surface area (Å²) in [5, 5.41) is 11.2. The molecular formula is C27H35Cl2NO6. The largest absolute Gasteiger partial charge is 0.503 e. The Kier molecular flexibility index (Phi) is 11.3. The molecule has 1 aromatic carbocycles. The minimum absolute atomic E-state index is 0.0941. The lowest BCUT2D eigenvalue weighted by atomic mass is 9.89. The summed E-state index contributed by atoms with van der Waals surface area (Å²) >= 11 is 12.3. The molecule has 0 bridgehead atoms. The maximum absolute atomic E-state index is 13.3. The summed E-state index contributed by atoms with van der Waals surface area (Å²) in [6.45, 7) is 9.55. The van der Waals surface area contributed by atoms with E-state index in [-0.39, 0.29) is 35.4 Å². The van der Waals surface area contributed by atoms with Crippen molar-refractivity contribution in [2.75, 3.05) is 7.11 Å². The first kappa shape index (κ1) is 29.7. The van der Waals surface area contributed by atoms with Crippen LogP contribution in [0.3, 0.4) is 0 Å². The fourth-order valence-corrected chi connectivity index (χ4v) is 4.53. The van der Waals surface area contributed by atoms with E-state index < -0.39 is 29.9 Å². The van der Waals surface area contributed by atoms with Crippen molar-refractivity contribution in [3.8, 4) is 17.2 Å². The first-order valence-electron chi connectivity index (χ1n) is 12.1. The number of carbonyl (C=O) groups excluding carboxylic acids is 2. The summed E-state index contributed by atoms with van der Waals surface area (Å²) in [4.78, 5) is 30.2. The zero-order valence-electron chi connectivity index (χ0n) is 21.6. The van der Waals surface area contributed by atoms with E-state index in [9.17, 15) is 14.7 Å². The van der Waals surface area contributed by atoms with Gasteiger partial charge in [0.05, 0.1) is 18.1 Å². The van der Waals surface area contributed by atoms with Gasteiger partial charge in [0.15, 0.2) is 23.0 Å². The van der Waals surface area contributed by atoms with E-state index in [0.29, 0.717) is 15.8 Å². The Balaban J connectivity index is 2.22. The number of aromatic hydroxyl groups is 1. The van der Waals surface area contributed by atoms with E-state index in [4.69, 9.17) is 37.4 Å². The predicted molar refractivity (Wildman–Crippen MR) is 140 cm³/mol. The van der Waals surface area contributed by atoms with Crippen LogP contribution in [0.1, 0.15) is 64.4 Å². The van der Waals surface area contributed by atoms with Crippen LogP contribution >= 0.6 is 23.2 Å². The van der Waals surface area contributed by atoms with Crippen LogP contribution < -0.4 is 9.47 Å². The van der Waals surface area contributed by atoms with Gasteiger partial charge in [-0.05, 0) is 49.8 Å². The molecule has 198 valence electrons. The molecule has 0 spiro atoms. The zero-order chi connectivity index (χ0) is 27.0. The van der Waals surface area contributed by atoms with Crippen LogP contribution in [0, 0.1) is 17.8 Å². The average molecular weight is 540 g/mol. The highest BCUT2D eigenvalue weighted by Gasteiger charge is 2.34. The Bertz CT molecular complexity index is 1040. The van der Waals surface area contributed by atoms with Gasteiger partial charge in [0.1, 0.15) is 18.0 Å². The zero-order valence-corrected chi connectivity index (χ0v) is 23.1. The standard InChI is InChI=1S/C27H35Cl2NO6/c1-7-17(8-2)26(36-22-10-9-18(28)13-20(22)29)16(5)35-27(33)19(15(3)4)14-21(31)24-25(32)23(34-6)11-12-30-24/h9-13,15-17,19,26,32H,7-8,14H2,1-6H3/t16-,19-,26-/m0/s1. The highest BCUT2D eigenvalue weighted by Crippen LogP contribution is 2.33. The van der Waals surface area contributed by atoms with Crippen molar-refractivity contribution in [3.05, 3.63) is 46.2 Å². The maximum Gasteiger partial charge on any atom is 0.310 e. The number of Topliss-reactive ketones (excluding diaryl/α,β-unsaturated/α-hetero) is 1. The van der Waals surface area contributed by atoms with Crippen molar-refractivity contribution in [2.24, 2.45) is 17.8 Å². The number of nitrogens with zero attached hydrogens (tertiary/aromatic N) is 1. The van der Waals surface area contributed by atoms with Gasteiger partial charge in [0.2, 0.25) is 0 Å². The van der Waals surface area contributed by atoms with Gasteiger partial charge in [-0.3, -0.25) is 9.59 Å². The van der Waals surface area contributed by atoms with E-state index in [1.54, 1.807) is 25.1 Å². The van der Waals surface area contributed by atoms with Gasteiger partial charge in [0.25, 0.3) is 0 Å². The van der Waals surface area contributed by atoms with Gasteiger partial charge in [-0.15, -0.1) is 0 Å². The molecule has 1 heterocycles. The predicted octanol–water partition coefficient (Wildman–Crippen LogP) is 6.76. The van der Waals surface area contributed by atoms with Crippen molar-refractivity contribution < 1.29 is 28.9 Å². The van der Waals surface area contributed by atoms with E-state index in [0.717, 1.165) is 12.8 Å². The monoisotopic (exact) mass is 539 g/mol. The van der Waals surface area contributed by atoms with Gasteiger partial charge in [-0.1, -0.05) is 50.9 Å². The van der Waals surface area contributed by atoms with E-state index in [1.165, 1.54) is 19.4 Å². The number of carbonyl (C=O) groups is 2. The van der Waals surface area contributed by atoms with E-state index in [1.807, 2.05) is 27.7 Å². The summed E-state index contributed by atoms with van der Waals surface area (Å²) in [5.74, 6) is -1.60. The van der Waals surface area contributed by atoms with Crippen molar-refractivity contribution in [2.45, 2.75) is 66.1 Å². The Morgan fingerprint density at radius 3 is 2.28 bits per heavy atom. The fraction of sp³-hybridized carbons (Fsp3) is 0.519. The smallest absolute Gasteiger partial charge is 0.310 e. The van der Waals surface area contributed by atoms with E-state index >= 15 is 0 Å². The van der Waals surface area contributed by atoms with Crippen LogP contribution in [0.25, 0.3) is 0 Å². The molecule has 0 amide bonds. The number of methoxy groups -OCH3 is 1. The Labute approximate surface area is 223 Å². The molecule has 0 radical (unpaired) electrons. The third-order valence-electron chi connectivity index (χ3n) is 6.32. The van der Waals surface area contributed by atoms with Gasteiger partial charge in [0, 0.05) is 23.7 Å². The first-order chi connectivity index (χ1) is 17.0. The summed E-state index contributed by atoms with van der Waals surface area (Å²) in [6.07, 6.45) is 1.73. The van der Waals surface area contributed by atoms with E-state index in [2.05, 4.69) is 4.98 Å². The fourth-order valence-electron chi connectivity index (χ4n) is 4.08. The Morgan fingerprint density at radius 1 is 1.06 bits per heavy atom.